The molecule has 4 aromatic rings. The van der Waals surface area contributed by atoms with E-state index in [0.717, 1.165) is 0 Å². The second kappa shape index (κ2) is 9.45. The van der Waals surface area contributed by atoms with Gasteiger partial charge in [0.15, 0.2) is 23.1 Å². The molecule has 1 spiro atoms. The Bertz CT molecular complexity index is 1790. The van der Waals surface area contributed by atoms with Gasteiger partial charge in [-0.1, -0.05) is 91.0 Å². The van der Waals surface area contributed by atoms with E-state index in [4.69, 9.17) is 4.74 Å². The minimum absolute atomic E-state index is 0.213. The summed E-state index contributed by atoms with van der Waals surface area (Å²) in [5.41, 5.74) is 0.811. The highest BCUT2D eigenvalue weighted by Gasteiger charge is 2.71. The second-order valence-corrected chi connectivity index (χ2v) is 10.8. The van der Waals surface area contributed by atoms with Crippen molar-refractivity contribution in [2.75, 3.05) is 4.90 Å². The first-order valence-corrected chi connectivity index (χ1v) is 13.7. The van der Waals surface area contributed by atoms with Crippen LogP contribution in [-0.4, -0.2) is 35.4 Å². The molecule has 4 aromatic carbocycles. The van der Waals surface area contributed by atoms with Crippen molar-refractivity contribution in [2.24, 2.45) is 5.41 Å². The van der Waals surface area contributed by atoms with Crippen LogP contribution in [0.15, 0.2) is 103 Å². The summed E-state index contributed by atoms with van der Waals surface area (Å²) in [6.07, 6.45) is 3.59. The standard InChI is InChI=1S/C35H24FNO5/c1-20(38)42-27-13-7-10-22-16-19-28-35(33(40)25-11-5-6-12-26(25)34(35)41)29(21-14-17-24(36)18-15-21)31(37(28)30(22)27)32(39)23-8-3-2-4-9-23/h2-19,28-29,31H,1H3/t28-,29+,31-/m1/s1. The molecular formula is C35H24FNO5. The number of esters is 1. The molecule has 2 aliphatic heterocycles. The molecule has 7 heteroatoms. The molecule has 6 nitrogen and oxygen atoms in total. The number of para-hydroxylation sites is 1. The summed E-state index contributed by atoms with van der Waals surface area (Å²) < 4.78 is 19.9. The highest BCUT2D eigenvalue weighted by atomic mass is 19.1. The molecular weight excluding hydrogens is 533 g/mol. The quantitative estimate of drug-likeness (QED) is 0.131. The van der Waals surface area contributed by atoms with Crippen LogP contribution in [0, 0.1) is 11.2 Å². The number of anilines is 1. The molecule has 2 heterocycles. The van der Waals surface area contributed by atoms with Gasteiger partial charge in [0.25, 0.3) is 0 Å². The topological polar surface area (TPSA) is 80.8 Å². The SMILES string of the molecule is CC(=O)Oc1cccc2c1N1[C@@H](C(=O)c3ccccc3)[C@H](c3ccc(F)cc3)C3(C(=O)c4ccccc4C3=O)[C@H]1C=C2. The van der Waals surface area contributed by atoms with Gasteiger partial charge in [-0.2, -0.15) is 0 Å². The number of benzene rings is 4. The van der Waals surface area contributed by atoms with Gasteiger partial charge in [-0.25, -0.2) is 4.39 Å². The number of carbonyl (C=O) groups excluding carboxylic acids is 4. The van der Waals surface area contributed by atoms with Crippen molar-refractivity contribution < 1.29 is 28.3 Å². The zero-order valence-electron chi connectivity index (χ0n) is 22.5. The molecule has 3 aliphatic rings. The van der Waals surface area contributed by atoms with E-state index in [1.54, 1.807) is 83.8 Å². The van der Waals surface area contributed by atoms with Crippen molar-refractivity contribution >= 4 is 35.1 Å². The van der Waals surface area contributed by atoms with Crippen molar-refractivity contribution in [3.63, 3.8) is 0 Å². The van der Waals surface area contributed by atoms with Crippen LogP contribution in [0.3, 0.4) is 0 Å². The monoisotopic (exact) mass is 557 g/mol. The van der Waals surface area contributed by atoms with Crippen molar-refractivity contribution in [3.05, 3.63) is 137 Å². The number of carbonyl (C=O) groups is 4. The summed E-state index contributed by atoms with van der Waals surface area (Å²) in [4.78, 5) is 57.9. The van der Waals surface area contributed by atoms with Gasteiger partial charge in [0.05, 0.1) is 11.7 Å². The molecule has 3 atom stereocenters. The Labute approximate surface area is 241 Å². The summed E-state index contributed by atoms with van der Waals surface area (Å²) in [6, 6.07) is 24.2. The van der Waals surface area contributed by atoms with E-state index in [0.29, 0.717) is 22.4 Å². The lowest BCUT2D eigenvalue weighted by molar-refractivity contribution is -0.131. The first-order valence-electron chi connectivity index (χ1n) is 13.7. The zero-order valence-corrected chi connectivity index (χ0v) is 22.5. The van der Waals surface area contributed by atoms with Crippen LogP contribution in [0.1, 0.15) is 55.0 Å². The maximum absolute atomic E-state index is 14.7. The molecule has 0 saturated carbocycles. The summed E-state index contributed by atoms with van der Waals surface area (Å²) in [7, 11) is 0. The molecule has 1 fully saturated rings. The van der Waals surface area contributed by atoms with Crippen LogP contribution in [0.4, 0.5) is 10.1 Å². The number of halogens is 1. The molecule has 0 radical (unpaired) electrons. The fourth-order valence-electron chi connectivity index (χ4n) is 7.04. The third-order valence-corrected chi connectivity index (χ3v) is 8.60. The minimum atomic E-state index is -1.74. The number of ketones is 3. The number of ether oxygens (including phenoxy) is 1. The van der Waals surface area contributed by atoms with E-state index in [-0.39, 0.29) is 22.7 Å². The Morgan fingerprint density at radius 2 is 1.45 bits per heavy atom. The van der Waals surface area contributed by atoms with Gasteiger partial charge in [-0.3, -0.25) is 19.2 Å². The summed E-state index contributed by atoms with van der Waals surface area (Å²) in [5.74, 6) is -2.92. The largest absolute Gasteiger partial charge is 0.424 e. The maximum atomic E-state index is 14.7. The smallest absolute Gasteiger partial charge is 0.308 e. The highest BCUT2D eigenvalue weighted by Crippen LogP contribution is 2.62. The fraction of sp³-hybridized carbons (Fsp3) is 0.143. The average Bonchev–Trinajstić information content (AvgIpc) is 3.43. The normalized spacial score (nSPS) is 21.2. The Morgan fingerprint density at radius 3 is 2.10 bits per heavy atom. The van der Waals surface area contributed by atoms with E-state index >= 15 is 0 Å². The Kier molecular flexibility index (Phi) is 5.80. The highest BCUT2D eigenvalue weighted by molar-refractivity contribution is 6.32. The second-order valence-electron chi connectivity index (χ2n) is 10.8. The molecule has 7 rings (SSSR count). The predicted octanol–water partition coefficient (Wildman–Crippen LogP) is 6.07. The predicted molar refractivity (Wildman–Crippen MR) is 154 cm³/mol. The minimum Gasteiger partial charge on any atom is -0.424 e. The van der Waals surface area contributed by atoms with Gasteiger partial charge in [-0.05, 0) is 23.8 Å². The third-order valence-electron chi connectivity index (χ3n) is 8.60. The molecule has 1 aliphatic carbocycles. The van der Waals surface area contributed by atoms with Crippen molar-refractivity contribution in [1.29, 1.82) is 0 Å². The summed E-state index contributed by atoms with van der Waals surface area (Å²) in [6.45, 7) is 1.29. The van der Waals surface area contributed by atoms with Gasteiger partial charge < -0.3 is 9.64 Å². The summed E-state index contributed by atoms with van der Waals surface area (Å²) >= 11 is 0. The first-order chi connectivity index (χ1) is 20.3. The average molecular weight is 558 g/mol. The molecule has 206 valence electrons. The maximum Gasteiger partial charge on any atom is 0.308 e. The van der Waals surface area contributed by atoms with Crippen LogP contribution in [0.2, 0.25) is 0 Å². The Morgan fingerprint density at radius 1 is 0.810 bits per heavy atom. The molecule has 42 heavy (non-hydrogen) atoms. The van der Waals surface area contributed by atoms with Crippen molar-refractivity contribution in [3.8, 4) is 5.75 Å². The van der Waals surface area contributed by atoms with E-state index in [2.05, 4.69) is 0 Å². The summed E-state index contributed by atoms with van der Waals surface area (Å²) in [5, 5.41) is 0. The van der Waals surface area contributed by atoms with Crippen LogP contribution < -0.4 is 9.64 Å². The van der Waals surface area contributed by atoms with E-state index in [9.17, 15) is 23.6 Å². The van der Waals surface area contributed by atoms with E-state index < -0.39 is 46.8 Å². The van der Waals surface area contributed by atoms with E-state index in [1.165, 1.54) is 31.2 Å². The lowest BCUT2D eigenvalue weighted by atomic mass is 9.64. The zero-order chi connectivity index (χ0) is 29.2. The third kappa shape index (κ3) is 3.49. The van der Waals surface area contributed by atoms with Gasteiger partial charge in [-0.15, -0.1) is 0 Å². The Hall–Kier alpha value is -5.17. The molecule has 0 bridgehead atoms. The fourth-order valence-corrected chi connectivity index (χ4v) is 7.04. The van der Waals surface area contributed by atoms with Gasteiger partial charge in [0, 0.05) is 35.1 Å². The molecule has 0 amide bonds. The van der Waals surface area contributed by atoms with Crippen LogP contribution in [0.5, 0.6) is 5.75 Å². The van der Waals surface area contributed by atoms with Gasteiger partial charge in [0.2, 0.25) is 0 Å². The number of fused-ring (bicyclic) bond motifs is 5. The first kappa shape index (κ1) is 25.8. The van der Waals surface area contributed by atoms with Crippen LogP contribution in [0.25, 0.3) is 6.08 Å². The molecule has 0 N–H and O–H groups in total. The lowest BCUT2D eigenvalue weighted by Crippen LogP contribution is -2.48. The van der Waals surface area contributed by atoms with Crippen molar-refractivity contribution in [2.45, 2.75) is 24.9 Å². The number of nitrogens with zero attached hydrogens (tertiary/aromatic N) is 1. The molecule has 1 saturated heterocycles. The number of rotatable bonds is 4. The van der Waals surface area contributed by atoms with Gasteiger partial charge in [0.1, 0.15) is 17.3 Å². The number of hydrogen-bond donors (Lipinski definition) is 0. The molecule has 0 unspecified atom stereocenters. The van der Waals surface area contributed by atoms with Gasteiger partial charge >= 0.3 is 5.97 Å². The Balaban J connectivity index is 1.57. The van der Waals surface area contributed by atoms with Crippen molar-refractivity contribution in [1.82, 2.24) is 0 Å². The van der Waals surface area contributed by atoms with Crippen LogP contribution >= 0.6 is 0 Å². The van der Waals surface area contributed by atoms with E-state index in [1.807, 2.05) is 6.07 Å². The lowest BCUT2D eigenvalue weighted by Gasteiger charge is -2.37. The number of Topliss-reactive ketones (excluding diaryl/α,β-unsaturated/α-hetero) is 3. The van der Waals surface area contributed by atoms with Crippen LogP contribution in [-0.2, 0) is 4.79 Å². The number of hydrogen-bond acceptors (Lipinski definition) is 6. The molecule has 0 aromatic heterocycles.